The summed E-state index contributed by atoms with van der Waals surface area (Å²) < 4.78 is 19.1. The second-order valence-electron chi connectivity index (χ2n) is 6.20. The van der Waals surface area contributed by atoms with E-state index in [0.717, 1.165) is 23.1 Å². The Labute approximate surface area is 157 Å². The molecule has 5 heteroatoms. The number of hydrogen-bond donors (Lipinski definition) is 1. The topological polar surface area (TPSA) is 66.1 Å². The standard InChI is InChI=1S/C22H19FN2O2/c23-22-10-6-18(12-19(22)13-24)17-4-8-21(9-5-17)27-15-20(26)7-3-16-2-1-11-25-14-16/h1-2,4-6,8-12,14,20,26H,3,7,15H2/t20-/m1/s1. The Morgan fingerprint density at radius 2 is 1.89 bits per heavy atom. The summed E-state index contributed by atoms with van der Waals surface area (Å²) >= 11 is 0. The molecule has 136 valence electrons. The van der Waals surface area contributed by atoms with Gasteiger partial charge in [0.1, 0.15) is 24.2 Å². The zero-order valence-corrected chi connectivity index (χ0v) is 14.7. The van der Waals surface area contributed by atoms with Crippen molar-refractivity contribution in [2.75, 3.05) is 6.61 Å². The summed E-state index contributed by atoms with van der Waals surface area (Å²) in [7, 11) is 0. The van der Waals surface area contributed by atoms with E-state index in [-0.39, 0.29) is 12.2 Å². The van der Waals surface area contributed by atoms with Crippen LogP contribution in [0, 0.1) is 17.1 Å². The molecule has 3 rings (SSSR count). The van der Waals surface area contributed by atoms with E-state index in [9.17, 15) is 9.50 Å². The number of ether oxygens (including phenoxy) is 1. The van der Waals surface area contributed by atoms with Crippen molar-refractivity contribution in [3.8, 4) is 22.9 Å². The van der Waals surface area contributed by atoms with Crippen molar-refractivity contribution in [3.05, 3.63) is 83.9 Å². The van der Waals surface area contributed by atoms with Gasteiger partial charge >= 0.3 is 0 Å². The fourth-order valence-corrected chi connectivity index (χ4v) is 2.69. The summed E-state index contributed by atoms with van der Waals surface area (Å²) in [6.07, 6.45) is 4.28. The minimum absolute atomic E-state index is 0.0181. The number of nitrogens with zero attached hydrogens (tertiary/aromatic N) is 2. The first-order valence-corrected chi connectivity index (χ1v) is 8.65. The third kappa shape index (κ3) is 5.13. The van der Waals surface area contributed by atoms with Crippen molar-refractivity contribution >= 4 is 0 Å². The predicted molar refractivity (Wildman–Crippen MR) is 101 cm³/mol. The first-order chi connectivity index (χ1) is 13.2. The molecule has 1 aromatic heterocycles. The summed E-state index contributed by atoms with van der Waals surface area (Å²) in [5.74, 6) is 0.114. The van der Waals surface area contributed by atoms with E-state index < -0.39 is 11.9 Å². The van der Waals surface area contributed by atoms with E-state index in [4.69, 9.17) is 10.00 Å². The monoisotopic (exact) mass is 362 g/mol. The number of rotatable bonds is 7. The van der Waals surface area contributed by atoms with Crippen LogP contribution in [0.1, 0.15) is 17.5 Å². The summed E-state index contributed by atoms with van der Waals surface area (Å²) in [6.45, 7) is 0.203. The van der Waals surface area contributed by atoms with Crippen molar-refractivity contribution in [3.63, 3.8) is 0 Å². The number of hydrogen-bond acceptors (Lipinski definition) is 4. The minimum Gasteiger partial charge on any atom is -0.491 e. The van der Waals surface area contributed by atoms with Gasteiger partial charge in [0.05, 0.1) is 11.7 Å². The SMILES string of the molecule is N#Cc1cc(-c2ccc(OC[C@H](O)CCc3cccnc3)cc2)ccc1F. The van der Waals surface area contributed by atoms with E-state index in [2.05, 4.69) is 4.98 Å². The highest BCUT2D eigenvalue weighted by Crippen LogP contribution is 2.24. The van der Waals surface area contributed by atoms with Gasteiger partial charge in [-0.2, -0.15) is 5.26 Å². The smallest absolute Gasteiger partial charge is 0.140 e. The van der Waals surface area contributed by atoms with Crippen LogP contribution >= 0.6 is 0 Å². The second-order valence-corrected chi connectivity index (χ2v) is 6.20. The number of halogens is 1. The molecule has 0 unspecified atom stereocenters. The Kier molecular flexibility index (Phi) is 6.14. The van der Waals surface area contributed by atoms with Crippen LogP contribution in [0.4, 0.5) is 4.39 Å². The normalized spacial score (nSPS) is 11.6. The van der Waals surface area contributed by atoms with Gasteiger partial charge < -0.3 is 9.84 Å². The lowest BCUT2D eigenvalue weighted by Gasteiger charge is -2.13. The van der Waals surface area contributed by atoms with Gasteiger partial charge in [0, 0.05) is 12.4 Å². The number of aryl methyl sites for hydroxylation is 1. The second kappa shape index (κ2) is 8.93. The zero-order valence-electron chi connectivity index (χ0n) is 14.7. The molecule has 1 atom stereocenters. The highest BCUT2D eigenvalue weighted by atomic mass is 19.1. The molecule has 3 aromatic rings. The first-order valence-electron chi connectivity index (χ1n) is 8.65. The van der Waals surface area contributed by atoms with Gasteiger partial charge in [-0.15, -0.1) is 0 Å². The maximum Gasteiger partial charge on any atom is 0.140 e. The maximum atomic E-state index is 13.4. The maximum absolute atomic E-state index is 13.4. The van der Waals surface area contributed by atoms with Crippen molar-refractivity contribution in [2.45, 2.75) is 18.9 Å². The van der Waals surface area contributed by atoms with Crippen LogP contribution in [0.2, 0.25) is 0 Å². The van der Waals surface area contributed by atoms with Crippen LogP contribution < -0.4 is 4.74 Å². The number of aromatic nitrogens is 1. The lowest BCUT2D eigenvalue weighted by atomic mass is 10.0. The minimum atomic E-state index is -0.569. The molecule has 0 saturated carbocycles. The number of benzene rings is 2. The first kappa shape index (κ1) is 18.6. The molecule has 0 bridgehead atoms. The fraction of sp³-hybridized carbons (Fsp3) is 0.182. The molecule has 1 heterocycles. The predicted octanol–water partition coefficient (Wildman–Crippen LogP) is 4.13. The van der Waals surface area contributed by atoms with E-state index in [1.54, 1.807) is 30.6 Å². The van der Waals surface area contributed by atoms with Crippen molar-refractivity contribution in [1.82, 2.24) is 4.98 Å². The summed E-state index contributed by atoms with van der Waals surface area (Å²) in [5, 5.41) is 19.0. The van der Waals surface area contributed by atoms with E-state index in [1.165, 1.54) is 12.1 Å². The average molecular weight is 362 g/mol. The molecule has 0 fully saturated rings. The van der Waals surface area contributed by atoms with Crippen molar-refractivity contribution in [1.29, 1.82) is 5.26 Å². The van der Waals surface area contributed by atoms with E-state index in [1.807, 2.05) is 30.3 Å². The molecule has 1 N–H and O–H groups in total. The average Bonchev–Trinajstić information content (AvgIpc) is 2.72. The lowest BCUT2D eigenvalue weighted by Crippen LogP contribution is -2.18. The molecule has 0 saturated heterocycles. The Hall–Kier alpha value is -3.23. The highest BCUT2D eigenvalue weighted by molar-refractivity contribution is 5.66. The van der Waals surface area contributed by atoms with Crippen LogP contribution in [0.15, 0.2) is 67.0 Å². The largest absolute Gasteiger partial charge is 0.491 e. The quantitative estimate of drug-likeness (QED) is 0.686. The molecule has 27 heavy (non-hydrogen) atoms. The summed E-state index contributed by atoms with van der Waals surface area (Å²) in [6, 6.07) is 17.4. The number of aliphatic hydroxyl groups is 1. The van der Waals surface area contributed by atoms with Crippen LogP contribution in [-0.2, 0) is 6.42 Å². The summed E-state index contributed by atoms with van der Waals surface area (Å²) in [4.78, 5) is 4.05. The van der Waals surface area contributed by atoms with Gasteiger partial charge in [-0.25, -0.2) is 4.39 Å². The van der Waals surface area contributed by atoms with Crippen LogP contribution in [0.25, 0.3) is 11.1 Å². The van der Waals surface area contributed by atoms with Crippen LogP contribution in [-0.4, -0.2) is 22.8 Å². The zero-order chi connectivity index (χ0) is 19.1. The number of nitriles is 1. The Balaban J connectivity index is 1.54. The Morgan fingerprint density at radius 3 is 2.59 bits per heavy atom. The molecule has 0 aliphatic rings. The van der Waals surface area contributed by atoms with Crippen LogP contribution in [0.3, 0.4) is 0 Å². The fourth-order valence-electron chi connectivity index (χ4n) is 2.69. The number of aliphatic hydroxyl groups excluding tert-OH is 1. The third-order valence-electron chi connectivity index (χ3n) is 4.21. The number of pyridine rings is 1. The van der Waals surface area contributed by atoms with Crippen molar-refractivity contribution < 1.29 is 14.2 Å². The summed E-state index contributed by atoms with van der Waals surface area (Å²) in [5.41, 5.74) is 2.72. The molecule has 0 amide bonds. The third-order valence-corrected chi connectivity index (χ3v) is 4.21. The van der Waals surface area contributed by atoms with Gasteiger partial charge in [0.25, 0.3) is 0 Å². The van der Waals surface area contributed by atoms with Gasteiger partial charge in [-0.05, 0) is 59.9 Å². The molecule has 0 spiro atoms. The lowest BCUT2D eigenvalue weighted by molar-refractivity contribution is 0.100. The molecular formula is C22H19FN2O2. The molecular weight excluding hydrogens is 343 g/mol. The molecule has 0 aliphatic carbocycles. The van der Waals surface area contributed by atoms with Gasteiger partial charge in [0.2, 0.25) is 0 Å². The van der Waals surface area contributed by atoms with Gasteiger partial charge in [-0.1, -0.05) is 24.3 Å². The van der Waals surface area contributed by atoms with Gasteiger partial charge in [0.15, 0.2) is 0 Å². The molecule has 0 aliphatic heterocycles. The molecule has 0 radical (unpaired) electrons. The van der Waals surface area contributed by atoms with Crippen molar-refractivity contribution in [2.24, 2.45) is 0 Å². The Bertz CT molecular complexity index is 921. The highest BCUT2D eigenvalue weighted by Gasteiger charge is 2.08. The van der Waals surface area contributed by atoms with E-state index in [0.29, 0.717) is 12.2 Å². The van der Waals surface area contributed by atoms with E-state index >= 15 is 0 Å². The molecule has 4 nitrogen and oxygen atoms in total. The van der Waals surface area contributed by atoms with Gasteiger partial charge in [-0.3, -0.25) is 4.98 Å². The van der Waals surface area contributed by atoms with Crippen LogP contribution in [0.5, 0.6) is 5.75 Å². The molecule has 2 aromatic carbocycles. The Morgan fingerprint density at radius 1 is 1.11 bits per heavy atom.